The molecule has 10 heteroatoms. The van der Waals surface area contributed by atoms with Crippen LogP contribution in [0.3, 0.4) is 0 Å². The molecule has 0 heterocycles. The number of aliphatic hydroxyl groups is 1. The van der Waals surface area contributed by atoms with Crippen molar-refractivity contribution in [1.29, 1.82) is 0 Å². The maximum absolute atomic E-state index is 11.3. The lowest BCUT2D eigenvalue weighted by molar-refractivity contribution is -0.170. The molecule has 0 spiro atoms. The Labute approximate surface area is 170 Å². The van der Waals surface area contributed by atoms with Crippen LogP contribution in [0.1, 0.15) is 67.2 Å². The highest BCUT2D eigenvalue weighted by Crippen LogP contribution is 2.32. The highest BCUT2D eigenvalue weighted by atomic mass is 16.6. The minimum Gasteiger partial charge on any atom is -0.479 e. The quantitative estimate of drug-likeness (QED) is 0.543. The number of Topliss-reactive ketones (excluding diaryl/α,β-unsaturated/α-hetero) is 1. The Balaban J connectivity index is 0.000000296. The summed E-state index contributed by atoms with van der Waals surface area (Å²) in [5.41, 5.74) is -2.76. The van der Waals surface area contributed by atoms with Gasteiger partial charge in [0.2, 0.25) is 0 Å². The lowest BCUT2D eigenvalue weighted by atomic mass is 9.76. The van der Waals surface area contributed by atoms with Crippen molar-refractivity contribution < 1.29 is 38.9 Å². The van der Waals surface area contributed by atoms with Gasteiger partial charge in [-0.2, -0.15) is 0 Å². The van der Waals surface area contributed by atoms with E-state index in [-0.39, 0.29) is 30.7 Å². The van der Waals surface area contributed by atoms with Crippen LogP contribution in [0.2, 0.25) is 0 Å². The van der Waals surface area contributed by atoms with Crippen molar-refractivity contribution in [3.05, 3.63) is 0 Å². The molecule has 2 amide bonds. The van der Waals surface area contributed by atoms with Gasteiger partial charge < -0.3 is 30.3 Å². The lowest BCUT2D eigenvalue weighted by Gasteiger charge is -2.40. The zero-order chi connectivity index (χ0) is 22.6. The summed E-state index contributed by atoms with van der Waals surface area (Å²) in [6, 6.07) is -0.349. The summed E-state index contributed by atoms with van der Waals surface area (Å²) < 4.78 is 10.0. The molecule has 166 valence electrons. The zero-order valence-corrected chi connectivity index (χ0v) is 17.8. The molecule has 0 unspecified atom stereocenters. The molecule has 2 fully saturated rings. The largest absolute Gasteiger partial charge is 0.479 e. The number of hydrogen-bond donors (Lipinski definition) is 4. The van der Waals surface area contributed by atoms with E-state index in [0.717, 1.165) is 0 Å². The van der Waals surface area contributed by atoms with Gasteiger partial charge in [-0.15, -0.1) is 0 Å². The Bertz CT molecular complexity index is 634. The average Bonchev–Trinajstić information content (AvgIpc) is 2.40. The number of aliphatic carboxylic acids is 1. The molecule has 0 bridgehead atoms. The van der Waals surface area contributed by atoms with Gasteiger partial charge in [-0.05, 0) is 41.5 Å². The normalized spacial score (nSPS) is 24.1. The molecule has 0 saturated heterocycles. The van der Waals surface area contributed by atoms with Crippen molar-refractivity contribution in [3.63, 3.8) is 0 Å². The van der Waals surface area contributed by atoms with E-state index in [1.807, 2.05) is 0 Å². The van der Waals surface area contributed by atoms with Crippen molar-refractivity contribution in [2.24, 2.45) is 0 Å². The van der Waals surface area contributed by atoms with E-state index in [9.17, 15) is 24.3 Å². The van der Waals surface area contributed by atoms with Gasteiger partial charge in [-0.3, -0.25) is 4.79 Å². The molecule has 10 nitrogen and oxygen atoms in total. The van der Waals surface area contributed by atoms with E-state index >= 15 is 0 Å². The van der Waals surface area contributed by atoms with Crippen LogP contribution in [0.5, 0.6) is 0 Å². The molecule has 0 aromatic rings. The summed E-state index contributed by atoms with van der Waals surface area (Å²) in [4.78, 5) is 43.6. The summed E-state index contributed by atoms with van der Waals surface area (Å²) in [7, 11) is 0. The Hall–Kier alpha value is -2.36. The van der Waals surface area contributed by atoms with Crippen molar-refractivity contribution in [3.8, 4) is 0 Å². The second-order valence-electron chi connectivity index (χ2n) is 9.38. The fourth-order valence-electron chi connectivity index (χ4n) is 2.57. The number of carboxylic acid groups (broad SMARTS) is 1. The molecule has 0 aliphatic heterocycles. The van der Waals surface area contributed by atoms with Crippen LogP contribution in [0, 0.1) is 0 Å². The van der Waals surface area contributed by atoms with Gasteiger partial charge in [0.15, 0.2) is 5.60 Å². The minimum absolute atomic E-state index is 0.0117. The van der Waals surface area contributed by atoms with Crippen molar-refractivity contribution >= 4 is 23.9 Å². The highest BCUT2D eigenvalue weighted by Gasteiger charge is 2.49. The molecule has 29 heavy (non-hydrogen) atoms. The van der Waals surface area contributed by atoms with Crippen molar-refractivity contribution in [2.45, 2.75) is 96.1 Å². The minimum atomic E-state index is -1.69. The molecule has 2 aliphatic rings. The third-order valence-corrected chi connectivity index (χ3v) is 3.96. The summed E-state index contributed by atoms with van der Waals surface area (Å²) in [6.07, 6.45) is -0.114. The molecule has 0 aromatic carbocycles. The SMILES string of the molecule is CC(C)(C)OC(=O)NC1CC(=O)C1.CC(C)(C)OC(=O)NC1CC(O)(C(=O)O)C1. The van der Waals surface area contributed by atoms with E-state index in [0.29, 0.717) is 12.8 Å². The molecule has 0 aromatic heterocycles. The number of amides is 2. The number of ether oxygens (including phenoxy) is 2. The van der Waals surface area contributed by atoms with E-state index in [4.69, 9.17) is 14.6 Å². The van der Waals surface area contributed by atoms with Crippen molar-refractivity contribution in [2.75, 3.05) is 0 Å². The number of carbonyl (C=O) groups excluding carboxylic acids is 3. The van der Waals surface area contributed by atoms with Gasteiger partial charge in [0.1, 0.15) is 17.0 Å². The Morgan fingerprint density at radius 2 is 1.28 bits per heavy atom. The van der Waals surface area contributed by atoms with Crippen LogP contribution < -0.4 is 10.6 Å². The van der Waals surface area contributed by atoms with Gasteiger partial charge >= 0.3 is 18.2 Å². The molecule has 2 aliphatic carbocycles. The zero-order valence-electron chi connectivity index (χ0n) is 17.8. The van der Waals surface area contributed by atoms with Crippen LogP contribution in [0.4, 0.5) is 9.59 Å². The molecular formula is C19H32N2O8. The number of carboxylic acids is 1. The van der Waals surface area contributed by atoms with Gasteiger partial charge in [0.05, 0.1) is 0 Å². The van der Waals surface area contributed by atoms with Crippen molar-refractivity contribution in [1.82, 2.24) is 10.6 Å². The summed E-state index contributed by atoms with van der Waals surface area (Å²) in [5, 5.41) is 23.2. The molecule has 2 rings (SSSR count). The van der Waals surface area contributed by atoms with Crippen LogP contribution in [-0.4, -0.2) is 63.0 Å². The summed E-state index contributed by atoms with van der Waals surface area (Å²) >= 11 is 0. The molecule has 0 radical (unpaired) electrons. The molecular weight excluding hydrogens is 384 g/mol. The number of alkyl carbamates (subject to hydrolysis) is 2. The highest BCUT2D eigenvalue weighted by molar-refractivity contribution is 5.87. The van der Waals surface area contributed by atoms with E-state index < -0.39 is 35.0 Å². The fourth-order valence-corrected chi connectivity index (χ4v) is 2.57. The molecule has 0 atom stereocenters. The monoisotopic (exact) mass is 416 g/mol. The summed E-state index contributed by atoms with van der Waals surface area (Å²) in [5.74, 6) is -1.06. The number of carbonyl (C=O) groups is 4. The maximum atomic E-state index is 11.3. The predicted octanol–water partition coefficient (Wildman–Crippen LogP) is 1.73. The second kappa shape index (κ2) is 8.98. The average molecular weight is 416 g/mol. The van der Waals surface area contributed by atoms with Crippen LogP contribution in [0.25, 0.3) is 0 Å². The Morgan fingerprint density at radius 1 is 0.897 bits per heavy atom. The second-order valence-corrected chi connectivity index (χ2v) is 9.38. The maximum Gasteiger partial charge on any atom is 0.407 e. The van der Waals surface area contributed by atoms with Gasteiger partial charge in [-0.25, -0.2) is 14.4 Å². The first-order valence-corrected chi connectivity index (χ1v) is 9.45. The third kappa shape index (κ3) is 9.12. The summed E-state index contributed by atoms with van der Waals surface area (Å²) in [6.45, 7) is 10.6. The standard InChI is InChI=1S/C10H17NO5.C9H15NO3/c1-9(2,3)16-8(14)11-6-4-10(15,5-6)7(12)13;1-9(2,3)13-8(12)10-6-4-7(11)5-6/h6,15H,4-5H2,1-3H3,(H,11,14)(H,12,13);6H,4-5H2,1-3H3,(H,10,12). The van der Waals surface area contributed by atoms with Crippen LogP contribution >= 0.6 is 0 Å². The third-order valence-electron chi connectivity index (χ3n) is 3.96. The fraction of sp³-hybridized carbons (Fsp3) is 0.789. The first-order chi connectivity index (χ1) is 13.0. The molecule has 4 N–H and O–H groups in total. The van der Waals surface area contributed by atoms with E-state index in [1.165, 1.54) is 0 Å². The van der Waals surface area contributed by atoms with E-state index in [1.54, 1.807) is 41.5 Å². The van der Waals surface area contributed by atoms with Crippen LogP contribution in [0.15, 0.2) is 0 Å². The van der Waals surface area contributed by atoms with Gasteiger partial charge in [0, 0.05) is 37.8 Å². The van der Waals surface area contributed by atoms with Gasteiger partial charge in [-0.1, -0.05) is 0 Å². The predicted molar refractivity (Wildman–Crippen MR) is 102 cm³/mol. The topological polar surface area (TPSA) is 151 Å². The number of ketones is 1. The van der Waals surface area contributed by atoms with Gasteiger partial charge in [0.25, 0.3) is 0 Å². The first kappa shape index (κ1) is 24.7. The number of rotatable bonds is 3. The Morgan fingerprint density at radius 3 is 1.59 bits per heavy atom. The first-order valence-electron chi connectivity index (χ1n) is 9.45. The Kier molecular flexibility index (Phi) is 7.64. The number of hydrogen-bond acceptors (Lipinski definition) is 7. The smallest absolute Gasteiger partial charge is 0.407 e. The number of nitrogens with one attached hydrogen (secondary N) is 2. The lowest BCUT2D eigenvalue weighted by Crippen LogP contribution is -2.59. The van der Waals surface area contributed by atoms with E-state index in [2.05, 4.69) is 10.6 Å². The van der Waals surface area contributed by atoms with Crippen LogP contribution in [-0.2, 0) is 19.1 Å². The molecule has 2 saturated carbocycles.